The van der Waals surface area contributed by atoms with Crippen LogP contribution in [0, 0.1) is 12.3 Å². The number of hydrogen-bond acceptors (Lipinski definition) is 5. The number of nitrogens with zero attached hydrogens (tertiary/aromatic N) is 3. The molecule has 0 saturated carbocycles. The molecular weight excluding hydrogens is 439 g/mol. The lowest BCUT2D eigenvalue weighted by Crippen LogP contribution is -2.50. The number of aryl methyl sites for hydroxylation is 1. The first-order chi connectivity index (χ1) is 15.5. The van der Waals surface area contributed by atoms with E-state index in [1.807, 2.05) is 0 Å². The Morgan fingerprint density at radius 1 is 1.24 bits per heavy atom. The lowest BCUT2D eigenvalue weighted by atomic mass is 9.64. The van der Waals surface area contributed by atoms with Gasteiger partial charge in [-0.1, -0.05) is 28.5 Å². The van der Waals surface area contributed by atoms with Crippen LogP contribution in [0.2, 0.25) is 0 Å². The quantitative estimate of drug-likeness (QED) is 0.723. The Morgan fingerprint density at radius 2 is 2.00 bits per heavy atom. The molecule has 174 valence electrons. The number of benzene rings is 1. The van der Waals surface area contributed by atoms with Crippen molar-refractivity contribution in [1.29, 1.82) is 0 Å². The Hall–Kier alpha value is -3.63. The fraction of sp³-hybridized carbons (Fsp3) is 0.364. The monoisotopic (exact) mass is 461 g/mol. The molecule has 1 aliphatic heterocycles. The molecule has 2 aliphatic rings. The standard InChI is InChI=1S/C22H22F3N5O3/c1-12-18(29-33-28-12)10-21(19(26)31)7-5-15(13-3-2-4-14(9-13)22(23,24)25)16-6-8-30(20(27)32)11-17(16)21/h2-5,9H,6-8,10-11H2,1H3,(H2,26,31)(H2,27,32). The zero-order chi connectivity index (χ0) is 24.0. The van der Waals surface area contributed by atoms with Crippen LogP contribution in [0.5, 0.6) is 0 Å². The van der Waals surface area contributed by atoms with Crippen molar-refractivity contribution in [3.05, 3.63) is 64.0 Å². The third-order valence-corrected chi connectivity index (χ3v) is 6.40. The second kappa shape index (κ2) is 8.05. The van der Waals surface area contributed by atoms with E-state index in [1.165, 1.54) is 11.0 Å². The van der Waals surface area contributed by atoms with Crippen LogP contribution in [0.1, 0.15) is 35.4 Å². The van der Waals surface area contributed by atoms with E-state index in [9.17, 15) is 22.8 Å². The molecule has 1 aromatic carbocycles. The van der Waals surface area contributed by atoms with Gasteiger partial charge in [0.05, 0.1) is 11.0 Å². The van der Waals surface area contributed by atoms with E-state index in [-0.39, 0.29) is 25.9 Å². The molecule has 4 N–H and O–H groups in total. The largest absolute Gasteiger partial charge is 0.416 e. The number of urea groups is 1. The van der Waals surface area contributed by atoms with Gasteiger partial charge in [-0.15, -0.1) is 0 Å². The molecule has 0 radical (unpaired) electrons. The molecule has 11 heteroatoms. The Bertz CT molecular complexity index is 1180. The van der Waals surface area contributed by atoms with Crippen molar-refractivity contribution in [2.45, 2.75) is 32.4 Å². The SMILES string of the molecule is Cc1nonc1CC1(C(N)=O)CC=C(c2cccc(C(F)(F)F)c2)C2=C1CN(C(N)=O)CC2. The van der Waals surface area contributed by atoms with Crippen molar-refractivity contribution in [1.82, 2.24) is 15.2 Å². The number of amides is 3. The Balaban J connectivity index is 1.86. The zero-order valence-electron chi connectivity index (χ0n) is 17.8. The van der Waals surface area contributed by atoms with Gasteiger partial charge in [-0.2, -0.15) is 13.2 Å². The summed E-state index contributed by atoms with van der Waals surface area (Å²) in [4.78, 5) is 26.2. The highest BCUT2D eigenvalue weighted by atomic mass is 19.4. The van der Waals surface area contributed by atoms with Crippen LogP contribution < -0.4 is 11.5 Å². The predicted molar refractivity (Wildman–Crippen MR) is 111 cm³/mol. The maximum atomic E-state index is 13.3. The minimum atomic E-state index is -4.49. The van der Waals surface area contributed by atoms with Crippen LogP contribution in [0.25, 0.3) is 5.57 Å². The molecule has 1 aliphatic carbocycles. The van der Waals surface area contributed by atoms with Gasteiger partial charge in [0.25, 0.3) is 0 Å². The van der Waals surface area contributed by atoms with E-state index in [2.05, 4.69) is 10.3 Å². The third-order valence-electron chi connectivity index (χ3n) is 6.40. The molecule has 2 aromatic rings. The number of alkyl halides is 3. The maximum Gasteiger partial charge on any atom is 0.416 e. The van der Waals surface area contributed by atoms with Gasteiger partial charge in [-0.3, -0.25) is 4.79 Å². The Morgan fingerprint density at radius 3 is 2.61 bits per heavy atom. The summed E-state index contributed by atoms with van der Waals surface area (Å²) in [6.07, 6.45) is -2.25. The summed E-state index contributed by atoms with van der Waals surface area (Å²) in [5.74, 6) is -0.636. The molecule has 8 nitrogen and oxygen atoms in total. The average Bonchev–Trinajstić information content (AvgIpc) is 3.17. The van der Waals surface area contributed by atoms with E-state index in [0.29, 0.717) is 40.1 Å². The Labute approximate surface area is 187 Å². The number of hydrogen-bond donors (Lipinski definition) is 2. The van der Waals surface area contributed by atoms with Crippen LogP contribution in [-0.4, -0.2) is 40.2 Å². The van der Waals surface area contributed by atoms with Crippen molar-refractivity contribution in [3.8, 4) is 0 Å². The predicted octanol–water partition coefficient (Wildman–Crippen LogP) is 2.98. The van der Waals surface area contributed by atoms with E-state index in [0.717, 1.165) is 12.1 Å². The number of halogens is 3. The summed E-state index contributed by atoms with van der Waals surface area (Å²) in [6, 6.07) is 4.37. The first-order valence-electron chi connectivity index (χ1n) is 10.3. The average molecular weight is 461 g/mol. The van der Waals surface area contributed by atoms with Crippen LogP contribution >= 0.6 is 0 Å². The van der Waals surface area contributed by atoms with Gasteiger partial charge in [0.1, 0.15) is 11.4 Å². The highest BCUT2D eigenvalue weighted by molar-refractivity contribution is 5.92. The van der Waals surface area contributed by atoms with Gasteiger partial charge in [-0.25, -0.2) is 9.42 Å². The molecular formula is C22H22F3N5O3. The molecule has 0 bridgehead atoms. The molecule has 0 saturated heterocycles. The summed E-state index contributed by atoms with van der Waals surface area (Å²) >= 11 is 0. The van der Waals surface area contributed by atoms with Crippen LogP contribution in [0.15, 0.2) is 46.1 Å². The number of carbonyl (C=O) groups is 2. The third kappa shape index (κ3) is 3.98. The first-order valence-corrected chi connectivity index (χ1v) is 10.3. The van der Waals surface area contributed by atoms with Gasteiger partial charge >= 0.3 is 12.2 Å². The molecule has 1 unspecified atom stereocenters. The van der Waals surface area contributed by atoms with Crippen molar-refractivity contribution in [3.63, 3.8) is 0 Å². The minimum Gasteiger partial charge on any atom is -0.369 e. The molecule has 3 amide bonds. The van der Waals surface area contributed by atoms with Crippen molar-refractivity contribution < 1.29 is 27.4 Å². The lowest BCUT2D eigenvalue weighted by Gasteiger charge is -2.43. The molecule has 4 rings (SSSR count). The van der Waals surface area contributed by atoms with E-state index >= 15 is 0 Å². The van der Waals surface area contributed by atoms with E-state index in [1.54, 1.807) is 19.1 Å². The second-order valence-electron chi connectivity index (χ2n) is 8.29. The molecule has 1 aromatic heterocycles. The summed E-state index contributed by atoms with van der Waals surface area (Å²) in [6.45, 7) is 1.98. The smallest absolute Gasteiger partial charge is 0.369 e. The number of allylic oxidation sites excluding steroid dienone is 2. The maximum absolute atomic E-state index is 13.3. The number of primary amides is 2. The number of nitrogens with two attached hydrogens (primary N) is 2. The highest BCUT2D eigenvalue weighted by Gasteiger charge is 2.47. The summed E-state index contributed by atoms with van der Waals surface area (Å²) in [5.41, 5.74) is 12.5. The van der Waals surface area contributed by atoms with Crippen LogP contribution in [0.3, 0.4) is 0 Å². The van der Waals surface area contributed by atoms with Gasteiger partial charge < -0.3 is 16.4 Å². The van der Waals surface area contributed by atoms with Gasteiger partial charge in [-0.05, 0) is 54.2 Å². The number of aromatic nitrogens is 2. The molecule has 0 spiro atoms. The van der Waals surface area contributed by atoms with Gasteiger partial charge in [0.2, 0.25) is 5.91 Å². The summed E-state index contributed by atoms with van der Waals surface area (Å²) in [5, 5.41) is 7.63. The molecule has 33 heavy (non-hydrogen) atoms. The normalized spacial score (nSPS) is 21.0. The Kier molecular flexibility index (Phi) is 5.51. The second-order valence-corrected chi connectivity index (χ2v) is 8.29. The minimum absolute atomic E-state index is 0.0359. The fourth-order valence-corrected chi connectivity index (χ4v) is 4.58. The topological polar surface area (TPSA) is 128 Å². The van der Waals surface area contributed by atoms with Crippen LogP contribution in [-0.2, 0) is 17.4 Å². The molecule has 0 fully saturated rings. The van der Waals surface area contributed by atoms with Crippen LogP contribution in [0.4, 0.5) is 18.0 Å². The van der Waals surface area contributed by atoms with Gasteiger partial charge in [0, 0.05) is 19.5 Å². The van der Waals surface area contributed by atoms with Crippen molar-refractivity contribution in [2.24, 2.45) is 16.9 Å². The summed E-state index contributed by atoms with van der Waals surface area (Å²) < 4.78 is 44.7. The van der Waals surface area contributed by atoms with E-state index < -0.39 is 29.1 Å². The summed E-state index contributed by atoms with van der Waals surface area (Å²) in [7, 11) is 0. The number of carbonyl (C=O) groups excluding carboxylic acids is 2. The lowest BCUT2D eigenvalue weighted by molar-refractivity contribution is -0.137. The molecule has 1 atom stereocenters. The fourth-order valence-electron chi connectivity index (χ4n) is 4.58. The zero-order valence-corrected chi connectivity index (χ0v) is 17.8. The van der Waals surface area contributed by atoms with Crippen molar-refractivity contribution >= 4 is 17.5 Å². The van der Waals surface area contributed by atoms with Crippen molar-refractivity contribution in [2.75, 3.05) is 13.1 Å². The number of rotatable bonds is 4. The molecule has 2 heterocycles. The first kappa shape index (κ1) is 22.6. The highest BCUT2D eigenvalue weighted by Crippen LogP contribution is 2.48. The van der Waals surface area contributed by atoms with E-state index in [4.69, 9.17) is 16.1 Å². The van der Waals surface area contributed by atoms with Gasteiger partial charge in [0.15, 0.2) is 0 Å².